The van der Waals surface area contributed by atoms with Gasteiger partial charge in [-0.1, -0.05) is 162 Å². The van der Waals surface area contributed by atoms with Crippen LogP contribution in [0.1, 0.15) is 93.7 Å². The number of thioether (sulfide) groups is 4. The molecule has 562 valence electrons. The quantitative estimate of drug-likeness (QED) is 0.0263. The minimum atomic E-state index is -4.77. The number of Topliss-reactive ketones (excluding diaryl/α,β-unsaturated/α-hetero) is 3. The molecule has 4 aliphatic rings. The Hall–Kier alpha value is -9.04. The van der Waals surface area contributed by atoms with E-state index in [9.17, 15) is 89.5 Å². The van der Waals surface area contributed by atoms with Crippen LogP contribution in [0.3, 0.4) is 0 Å². The largest absolute Gasteiger partial charge is 0.573 e. The Labute approximate surface area is 630 Å². The van der Waals surface area contributed by atoms with E-state index in [-0.39, 0.29) is 122 Å². The molecule has 4 saturated heterocycles. The molecule has 4 fully saturated rings. The number of carbonyl (C=O) groups is 8. The summed E-state index contributed by atoms with van der Waals surface area (Å²) in [6.07, 6.45) is -11.4. The van der Waals surface area contributed by atoms with Gasteiger partial charge in [-0.15, -0.1) is 13.2 Å². The number of hydrogen-bond acceptors (Lipinski definition) is 21. The number of ether oxygens (including phenoxy) is 5. The maximum atomic E-state index is 13.6. The van der Waals surface area contributed by atoms with Crippen LogP contribution >= 0.6 is 58.6 Å². The highest BCUT2D eigenvalue weighted by atomic mass is 35.5. The minimum Gasteiger partial charge on any atom is -0.491 e. The number of imide groups is 1. The molecule has 0 aliphatic carbocycles. The summed E-state index contributed by atoms with van der Waals surface area (Å²) in [5, 5.41) is 41.3. The Morgan fingerprint density at radius 3 is 1.11 bits per heavy atom. The van der Waals surface area contributed by atoms with Crippen molar-refractivity contribution in [2.45, 2.75) is 103 Å². The second-order valence-electron chi connectivity index (χ2n) is 24.3. The fraction of sp³-hybridized carbons (Fsp3) is 0.273. The molecule has 0 aromatic heterocycles. The van der Waals surface area contributed by atoms with Crippen LogP contribution in [0.5, 0.6) is 28.7 Å². The highest BCUT2D eigenvalue weighted by Crippen LogP contribution is 2.35. The predicted octanol–water partition coefficient (Wildman–Crippen LogP) is 14.2. The van der Waals surface area contributed by atoms with Crippen molar-refractivity contribution in [2.24, 2.45) is 0 Å². The Bertz CT molecular complexity index is 4390. The number of hydrogen-bond donors (Lipinski definition) is 5. The van der Waals surface area contributed by atoms with Crippen LogP contribution in [0.4, 0.5) is 35.5 Å². The molecule has 12 rings (SSSR count). The molecule has 0 spiro atoms. The van der Waals surface area contributed by atoms with Gasteiger partial charge in [-0.25, -0.2) is 4.39 Å². The van der Waals surface area contributed by atoms with Crippen LogP contribution in [0, 0.1) is 5.82 Å². The molecular weight excluding hydrogens is 1510 g/mol. The average molecular weight is 1580 g/mol. The Kier molecular flexibility index (Phi) is 29.6. The zero-order chi connectivity index (χ0) is 77.0. The summed E-state index contributed by atoms with van der Waals surface area (Å²) in [6, 6.07) is 50.5. The number of aliphatic hydroxyl groups is 4. The van der Waals surface area contributed by atoms with Crippen LogP contribution in [0.25, 0.3) is 0 Å². The maximum Gasteiger partial charge on any atom is 0.573 e. The zero-order valence-corrected chi connectivity index (χ0v) is 60.1. The number of nitrogens with one attached hydrogen (secondary N) is 1. The molecule has 0 bridgehead atoms. The normalized spacial score (nSPS) is 18.2. The van der Waals surface area contributed by atoms with E-state index in [0.717, 1.165) is 99.1 Å². The van der Waals surface area contributed by atoms with Crippen LogP contribution in [-0.4, -0.2) is 118 Å². The van der Waals surface area contributed by atoms with Crippen molar-refractivity contribution in [1.82, 2.24) is 5.32 Å². The van der Waals surface area contributed by atoms with Gasteiger partial charge in [0.25, 0.3) is 5.24 Å². The second-order valence-corrected chi connectivity index (χ2v) is 29.7. The molecular formula is C77H67ClF7NO17S4. The summed E-state index contributed by atoms with van der Waals surface area (Å²) in [5.41, 5.74) is 4.23. The SMILES string of the molecule is O=C1CC(=O)C(Cc2ccc(OC[C@H](O)c3ccc(Cl)cc3)cc2)S1.O=C1CC(=O)C(Cc2ccc(OC[C@H](O)c3cccc(C(F)(F)F)c3)cc2)S1.O=C1CC(=O)C(Cc2ccc(OC[C@H](O)c3ccccc3F)cc2)S1.O=C1NC(=O)C(Cc2ccc(OC[C@H](O)c3ccc(OC(F)(F)F)cc3)cc2)S1. The smallest absolute Gasteiger partial charge is 0.491 e. The maximum absolute atomic E-state index is 13.6. The summed E-state index contributed by atoms with van der Waals surface area (Å²) < 4.78 is 114. The first-order chi connectivity index (χ1) is 50.9. The molecule has 0 radical (unpaired) electrons. The highest BCUT2D eigenvalue weighted by Gasteiger charge is 2.36. The fourth-order valence-electron chi connectivity index (χ4n) is 10.6. The van der Waals surface area contributed by atoms with Gasteiger partial charge in [0.15, 0.2) is 32.7 Å². The van der Waals surface area contributed by atoms with E-state index < -0.39 is 53.6 Å². The van der Waals surface area contributed by atoms with Gasteiger partial charge in [-0.05, 0) is 156 Å². The molecule has 4 unspecified atom stereocenters. The molecule has 8 aromatic rings. The third-order valence-electron chi connectivity index (χ3n) is 16.2. The molecule has 8 aromatic carbocycles. The molecule has 30 heteroatoms. The molecule has 18 nitrogen and oxygen atoms in total. The molecule has 0 saturated carbocycles. The first kappa shape index (κ1) is 82.0. The number of alkyl halides is 6. The number of benzene rings is 8. The van der Waals surface area contributed by atoms with Gasteiger partial charge < -0.3 is 44.1 Å². The van der Waals surface area contributed by atoms with E-state index in [1.54, 1.807) is 109 Å². The number of ketones is 3. The molecule has 4 heterocycles. The van der Waals surface area contributed by atoms with Crippen molar-refractivity contribution in [2.75, 3.05) is 26.4 Å². The van der Waals surface area contributed by atoms with Gasteiger partial charge in [-0.2, -0.15) is 13.2 Å². The van der Waals surface area contributed by atoms with Gasteiger partial charge >= 0.3 is 12.5 Å². The molecule has 4 aliphatic heterocycles. The Morgan fingerprint density at radius 2 is 0.766 bits per heavy atom. The van der Waals surface area contributed by atoms with Crippen LogP contribution in [0.2, 0.25) is 5.02 Å². The number of carbonyl (C=O) groups excluding carboxylic acids is 8. The lowest BCUT2D eigenvalue weighted by atomic mass is 10.1. The van der Waals surface area contributed by atoms with Crippen molar-refractivity contribution in [3.05, 3.63) is 255 Å². The number of amides is 2. The van der Waals surface area contributed by atoms with Crippen molar-refractivity contribution < 1.29 is 113 Å². The van der Waals surface area contributed by atoms with Gasteiger partial charge in [-0.3, -0.25) is 43.7 Å². The Balaban J connectivity index is 0.000000165. The van der Waals surface area contributed by atoms with E-state index in [4.69, 9.17) is 30.5 Å². The van der Waals surface area contributed by atoms with Crippen molar-refractivity contribution in [1.29, 1.82) is 0 Å². The van der Waals surface area contributed by atoms with E-state index >= 15 is 0 Å². The van der Waals surface area contributed by atoms with Crippen molar-refractivity contribution >= 4 is 102 Å². The van der Waals surface area contributed by atoms with Crippen LogP contribution in [-0.2, 0) is 65.4 Å². The molecule has 8 atom stereocenters. The third-order valence-corrected chi connectivity index (χ3v) is 20.8. The monoisotopic (exact) mass is 1570 g/mol. The summed E-state index contributed by atoms with van der Waals surface area (Å²) in [4.78, 5) is 91.7. The van der Waals surface area contributed by atoms with E-state index in [1.807, 2.05) is 24.3 Å². The second kappa shape index (κ2) is 38.7. The summed E-state index contributed by atoms with van der Waals surface area (Å²) in [5.74, 6) is 0.849. The lowest BCUT2D eigenvalue weighted by Crippen LogP contribution is -2.25. The first-order valence-corrected chi connectivity index (χ1v) is 36.7. The lowest BCUT2D eigenvalue weighted by molar-refractivity contribution is -0.274. The lowest BCUT2D eigenvalue weighted by Gasteiger charge is -2.15. The Morgan fingerprint density at radius 1 is 0.411 bits per heavy atom. The van der Waals surface area contributed by atoms with E-state index in [1.165, 1.54) is 36.4 Å². The number of aliphatic hydroxyl groups excluding tert-OH is 4. The van der Waals surface area contributed by atoms with Crippen molar-refractivity contribution in [3.63, 3.8) is 0 Å². The van der Waals surface area contributed by atoms with Gasteiger partial charge in [0, 0.05) is 10.6 Å². The van der Waals surface area contributed by atoms with Crippen LogP contribution in [0.15, 0.2) is 194 Å². The van der Waals surface area contributed by atoms with E-state index in [0.29, 0.717) is 59.3 Å². The number of rotatable bonds is 25. The topological polar surface area (TPSA) is 276 Å². The zero-order valence-electron chi connectivity index (χ0n) is 56.1. The average Bonchev–Trinajstić information content (AvgIpc) is 1.10. The van der Waals surface area contributed by atoms with Gasteiger partial charge in [0.1, 0.15) is 85.4 Å². The molecule has 5 N–H and O–H groups in total. The predicted molar refractivity (Wildman–Crippen MR) is 388 cm³/mol. The van der Waals surface area contributed by atoms with Crippen LogP contribution < -0.4 is 29.0 Å². The fourth-order valence-corrected chi connectivity index (χ4v) is 14.7. The van der Waals surface area contributed by atoms with E-state index in [2.05, 4.69) is 10.1 Å². The summed E-state index contributed by atoms with van der Waals surface area (Å²) >= 11 is 10.1. The highest BCUT2D eigenvalue weighted by molar-refractivity contribution is 8.16. The first-order valence-electron chi connectivity index (χ1n) is 32.8. The van der Waals surface area contributed by atoms with Crippen molar-refractivity contribution in [3.8, 4) is 28.7 Å². The summed E-state index contributed by atoms with van der Waals surface area (Å²) in [7, 11) is 0. The summed E-state index contributed by atoms with van der Waals surface area (Å²) in [6.45, 7) is -0.238. The molecule has 107 heavy (non-hydrogen) atoms. The minimum absolute atomic E-state index is 0.00131. The van der Waals surface area contributed by atoms with Gasteiger partial charge in [0.2, 0.25) is 5.91 Å². The van der Waals surface area contributed by atoms with Gasteiger partial charge in [0.05, 0.1) is 45.8 Å². The molecule has 2 amide bonds. The third kappa shape index (κ3) is 26.1. The standard InChI is InChI=1S/C20H17F3O4S.C19H17ClO4S.C19H16F3NO5S.C19H17FO4S/c21-20(22,23)14-3-1-2-13(9-14)17(25)11-27-15-6-4-12(5-7-15)8-18-16(24)10-19(26)28-18;20-14-5-3-13(4-6-14)17(22)11-24-15-7-1-12(2-8-15)9-18-16(21)10-19(23)25-18;20-19(21,22)28-14-7-3-12(4-8-14)15(24)10-27-13-5-1-11(2-6-13)9-16-17(25)23-18(26)29-16;20-15-4-2-1-3-14(15)17(22)11-24-13-7-5-12(6-8-13)9-18-16(21)10-19(23)25-18/h1-7,9,17-18,25H,8,10-11H2;1-8,17-18,22H,9-11H2;1-8,15-16,24H,9-10H2,(H,23,25,26);1-8,17-18,22H,9-11H2/t2*17-,18?;15-,16?;17-,18?/m0000/s1. The number of halogens is 8.